The number of rotatable bonds is 3. The molecule has 0 atom stereocenters. The zero-order chi connectivity index (χ0) is 7.40. The molecule has 0 radical (unpaired) electrons. The second kappa shape index (κ2) is 3.63. The highest BCUT2D eigenvalue weighted by molar-refractivity contribution is 8.14. The van der Waals surface area contributed by atoms with Gasteiger partial charge in [0.15, 0.2) is 0 Å². The van der Waals surface area contributed by atoms with Crippen molar-refractivity contribution in [2.24, 2.45) is 5.73 Å². The largest absolute Gasteiger partial charge is 0.380 e. The van der Waals surface area contributed by atoms with Crippen molar-refractivity contribution in [1.82, 2.24) is 5.32 Å². The van der Waals surface area contributed by atoms with E-state index < -0.39 is 0 Å². The van der Waals surface area contributed by atoms with Crippen LogP contribution in [0.1, 0.15) is 0 Å². The van der Waals surface area contributed by atoms with Crippen LogP contribution in [0.2, 0.25) is 0 Å². The van der Waals surface area contributed by atoms with Crippen molar-refractivity contribution in [1.29, 1.82) is 0 Å². The summed E-state index contributed by atoms with van der Waals surface area (Å²) in [6, 6.07) is 0. The Morgan fingerprint density at radius 2 is 2.60 bits per heavy atom. The molecular weight excluding hydrogens is 148 g/mol. The molecule has 4 heteroatoms. The van der Waals surface area contributed by atoms with E-state index >= 15 is 0 Å². The van der Waals surface area contributed by atoms with Gasteiger partial charge in [0.1, 0.15) is 0 Å². The maximum absolute atomic E-state index is 10.9. The third-order valence-electron chi connectivity index (χ3n) is 1.18. The molecule has 1 heterocycles. The van der Waals surface area contributed by atoms with Crippen molar-refractivity contribution >= 4 is 16.9 Å². The second-order valence-electron chi connectivity index (χ2n) is 1.93. The molecule has 10 heavy (non-hydrogen) atoms. The van der Waals surface area contributed by atoms with Crippen LogP contribution in [0.5, 0.6) is 0 Å². The minimum Gasteiger partial charge on any atom is -0.380 e. The van der Waals surface area contributed by atoms with E-state index in [1.165, 1.54) is 11.8 Å². The van der Waals surface area contributed by atoms with Crippen LogP contribution in [0.15, 0.2) is 11.8 Å². The first kappa shape index (κ1) is 7.63. The fourth-order valence-corrected chi connectivity index (χ4v) is 1.43. The van der Waals surface area contributed by atoms with Gasteiger partial charge in [0, 0.05) is 18.8 Å². The van der Waals surface area contributed by atoms with E-state index in [0.717, 1.165) is 11.4 Å². The molecule has 0 unspecified atom stereocenters. The van der Waals surface area contributed by atoms with Gasteiger partial charge in [-0.15, -0.1) is 0 Å². The average molecular weight is 158 g/mol. The molecule has 3 N–H and O–H groups in total. The van der Waals surface area contributed by atoms with Crippen LogP contribution in [0, 0.1) is 0 Å². The van der Waals surface area contributed by atoms with Crippen LogP contribution in [-0.4, -0.2) is 24.0 Å². The van der Waals surface area contributed by atoms with Crippen LogP contribution in [0.3, 0.4) is 0 Å². The van der Waals surface area contributed by atoms with Gasteiger partial charge in [-0.1, -0.05) is 11.8 Å². The lowest BCUT2D eigenvalue weighted by Crippen LogP contribution is -2.23. The maximum atomic E-state index is 10.9. The van der Waals surface area contributed by atoms with Crippen molar-refractivity contribution in [2.75, 3.05) is 18.8 Å². The normalized spacial score (nSPS) is 17.3. The van der Waals surface area contributed by atoms with Gasteiger partial charge >= 0.3 is 0 Å². The van der Waals surface area contributed by atoms with Gasteiger partial charge in [0.25, 0.3) is 0 Å². The molecule has 0 aromatic rings. The lowest BCUT2D eigenvalue weighted by atomic mass is 10.4. The van der Waals surface area contributed by atoms with Gasteiger partial charge in [-0.2, -0.15) is 0 Å². The zero-order valence-electron chi connectivity index (χ0n) is 5.59. The zero-order valence-corrected chi connectivity index (χ0v) is 6.41. The Balaban J connectivity index is 2.33. The lowest BCUT2D eigenvalue weighted by molar-refractivity contribution is -0.108. The molecule has 3 nitrogen and oxygen atoms in total. The van der Waals surface area contributed by atoms with Crippen LogP contribution in [-0.2, 0) is 4.79 Å². The molecule has 0 fully saturated rings. The first-order valence-electron chi connectivity index (χ1n) is 3.16. The maximum Gasteiger partial charge on any atom is 0.235 e. The molecular formula is C6H10N2OS. The first-order chi connectivity index (χ1) is 4.84. The number of carbonyl (C=O) groups is 1. The highest BCUT2D eigenvalue weighted by atomic mass is 32.2. The Morgan fingerprint density at radius 3 is 3.10 bits per heavy atom. The summed E-state index contributed by atoms with van der Waals surface area (Å²) in [5, 5.41) is 3.08. The van der Waals surface area contributed by atoms with Crippen molar-refractivity contribution in [3.05, 3.63) is 11.8 Å². The molecule has 0 saturated heterocycles. The minimum atomic E-state index is 0.133. The molecule has 0 aromatic carbocycles. The quantitative estimate of drug-likeness (QED) is 0.591. The number of thioether (sulfide) groups is 1. The molecule has 0 amide bonds. The predicted molar refractivity (Wildman–Crippen MR) is 42.6 cm³/mol. The third-order valence-corrected chi connectivity index (χ3v) is 2.00. The molecule has 0 spiro atoms. The van der Waals surface area contributed by atoms with E-state index in [-0.39, 0.29) is 5.12 Å². The number of nitrogens with one attached hydrogen (secondary N) is 1. The van der Waals surface area contributed by atoms with E-state index in [4.69, 9.17) is 5.73 Å². The lowest BCUT2D eigenvalue weighted by Gasteiger charge is -2.01. The molecule has 0 aromatic heterocycles. The number of carbonyl (C=O) groups excluding carboxylic acids is 1. The first-order valence-corrected chi connectivity index (χ1v) is 4.14. The van der Waals surface area contributed by atoms with Crippen molar-refractivity contribution in [3.63, 3.8) is 0 Å². The summed E-state index contributed by atoms with van der Waals surface area (Å²) in [6.45, 7) is 1.24. The van der Waals surface area contributed by atoms with Gasteiger partial charge in [-0.05, 0) is 6.08 Å². The number of hydrogen-bond donors (Lipinski definition) is 2. The number of nitrogens with two attached hydrogens (primary N) is 1. The van der Waals surface area contributed by atoms with Gasteiger partial charge in [-0.25, -0.2) is 0 Å². The predicted octanol–water partition coefficient (Wildman–Crippen LogP) is -0.308. The topological polar surface area (TPSA) is 55.1 Å². The highest BCUT2D eigenvalue weighted by Gasteiger charge is 2.13. The van der Waals surface area contributed by atoms with Crippen LogP contribution in [0.4, 0.5) is 0 Å². The van der Waals surface area contributed by atoms with E-state index in [1.54, 1.807) is 0 Å². The summed E-state index contributed by atoms with van der Waals surface area (Å²) in [4.78, 5) is 10.9. The standard InChI is InChI=1S/C6H10N2OS/c7-2-3-8-5-1-4-10-6(5)9/h1,8H,2-4,7H2. The van der Waals surface area contributed by atoms with E-state index in [2.05, 4.69) is 5.32 Å². The summed E-state index contributed by atoms with van der Waals surface area (Å²) in [7, 11) is 0. The molecule has 0 saturated carbocycles. The Bertz CT molecular complexity index is 167. The Hall–Kier alpha value is -0.480. The summed E-state index contributed by atoms with van der Waals surface area (Å²) in [6.07, 6.45) is 1.89. The highest BCUT2D eigenvalue weighted by Crippen LogP contribution is 2.16. The molecule has 1 rings (SSSR count). The number of hydrogen-bond acceptors (Lipinski definition) is 4. The van der Waals surface area contributed by atoms with Gasteiger partial charge in [0.05, 0.1) is 5.70 Å². The molecule has 0 aliphatic carbocycles. The monoisotopic (exact) mass is 158 g/mol. The Morgan fingerprint density at radius 1 is 1.80 bits per heavy atom. The SMILES string of the molecule is NCCNC1=CCSC1=O. The molecule has 1 aliphatic rings. The summed E-state index contributed by atoms with van der Waals surface area (Å²) < 4.78 is 0. The molecule has 1 aliphatic heterocycles. The fraction of sp³-hybridized carbons (Fsp3) is 0.500. The average Bonchev–Trinajstić information content (AvgIpc) is 2.31. The fourth-order valence-electron chi connectivity index (χ4n) is 0.713. The van der Waals surface area contributed by atoms with Gasteiger partial charge < -0.3 is 11.1 Å². The van der Waals surface area contributed by atoms with Crippen molar-refractivity contribution < 1.29 is 4.79 Å². The van der Waals surface area contributed by atoms with Crippen LogP contribution < -0.4 is 11.1 Å². The molecule has 56 valence electrons. The van der Waals surface area contributed by atoms with Crippen LogP contribution >= 0.6 is 11.8 Å². The smallest absolute Gasteiger partial charge is 0.235 e. The molecule has 0 bridgehead atoms. The van der Waals surface area contributed by atoms with E-state index in [1.807, 2.05) is 6.08 Å². The van der Waals surface area contributed by atoms with E-state index in [0.29, 0.717) is 13.1 Å². The third kappa shape index (κ3) is 1.75. The summed E-state index contributed by atoms with van der Waals surface area (Å²) in [5.74, 6) is 0.797. The van der Waals surface area contributed by atoms with Crippen molar-refractivity contribution in [2.45, 2.75) is 0 Å². The van der Waals surface area contributed by atoms with Gasteiger partial charge in [-0.3, -0.25) is 4.79 Å². The minimum absolute atomic E-state index is 0.133. The summed E-state index contributed by atoms with van der Waals surface area (Å²) in [5.41, 5.74) is 5.96. The second-order valence-corrected chi connectivity index (χ2v) is 2.92. The van der Waals surface area contributed by atoms with Crippen molar-refractivity contribution in [3.8, 4) is 0 Å². The van der Waals surface area contributed by atoms with E-state index in [9.17, 15) is 4.79 Å². The summed E-state index contributed by atoms with van der Waals surface area (Å²) >= 11 is 1.32. The van der Waals surface area contributed by atoms with Gasteiger partial charge in [0.2, 0.25) is 5.12 Å². The Labute approximate surface area is 64.0 Å². The van der Waals surface area contributed by atoms with Crippen LogP contribution in [0.25, 0.3) is 0 Å². The Kier molecular flexibility index (Phi) is 2.77.